The van der Waals surface area contributed by atoms with Gasteiger partial charge in [-0.1, -0.05) is 0 Å². The molecule has 0 heterocycles. The number of rotatable bonds is 37. The molecule has 0 rings (SSSR count). The van der Waals surface area contributed by atoms with Gasteiger partial charge in [-0.2, -0.15) is 0 Å². The topological polar surface area (TPSA) is 111 Å². The first-order valence-corrected chi connectivity index (χ1v) is 35.4. The Labute approximate surface area is 333 Å². The van der Waals surface area contributed by atoms with Gasteiger partial charge in [0.05, 0.1) is 0 Å². The van der Waals surface area contributed by atoms with Crippen LogP contribution in [0.5, 0.6) is 0 Å². The second-order valence-corrected chi connectivity index (χ2v) is 33.5. The molecule has 0 unspecified atom stereocenters. The number of unbranched alkanes of at least 4 members (excludes halogenated alkanes) is 4. The molecule has 0 amide bonds. The van der Waals surface area contributed by atoms with Gasteiger partial charge >= 0.3 is 336 Å². The van der Waals surface area contributed by atoms with Gasteiger partial charge in [0, 0.05) is 0 Å². The van der Waals surface area contributed by atoms with Crippen molar-refractivity contribution in [1.82, 2.24) is 0 Å². The molecule has 0 atom stereocenters. The van der Waals surface area contributed by atoms with Crippen molar-refractivity contribution in [3.63, 3.8) is 0 Å². The summed E-state index contributed by atoms with van der Waals surface area (Å²) in [5.41, 5.74) is 0. The molecule has 2 radical (unpaired) electrons. The third kappa shape index (κ3) is 25.6. The fourth-order valence-electron chi connectivity index (χ4n) is 4.94. The van der Waals surface area contributed by atoms with Crippen molar-refractivity contribution in [2.45, 2.75) is 152 Å². The van der Waals surface area contributed by atoms with E-state index in [1.54, 1.807) is 8.87 Å². The van der Waals surface area contributed by atoms with Gasteiger partial charge in [0.1, 0.15) is 0 Å². The molecule has 17 heteroatoms. The Morgan fingerprint density at radius 2 is 0.667 bits per heavy atom. The maximum atomic E-state index is 7.06. The van der Waals surface area contributed by atoms with E-state index in [0.29, 0.717) is 70.5 Å². The van der Waals surface area contributed by atoms with E-state index in [2.05, 4.69) is 20.8 Å². The summed E-state index contributed by atoms with van der Waals surface area (Å²) in [6.45, 7) is 28.0. The van der Waals surface area contributed by atoms with Crippen LogP contribution in [0.15, 0.2) is 0 Å². The fourth-order valence-corrected chi connectivity index (χ4v) is 36.4. The molecule has 0 aromatic rings. The predicted molar refractivity (Wildman–Crippen MR) is 215 cm³/mol. The van der Waals surface area contributed by atoms with Crippen LogP contribution in [-0.4, -0.2) is 134 Å². The van der Waals surface area contributed by atoms with Gasteiger partial charge in [-0.05, 0) is 0 Å². The first kappa shape index (κ1) is 54.9. The third-order valence-electron chi connectivity index (χ3n) is 7.07. The van der Waals surface area contributed by atoms with Crippen molar-refractivity contribution in [3.05, 3.63) is 0 Å². The molecule has 0 saturated heterocycles. The van der Waals surface area contributed by atoms with E-state index in [1.165, 1.54) is 25.7 Å². The van der Waals surface area contributed by atoms with Crippen molar-refractivity contribution in [2.24, 2.45) is 0 Å². The van der Waals surface area contributed by atoms with Crippen LogP contribution < -0.4 is 0 Å². The molecular formula is C34H80O12Si3Sn2. The second-order valence-electron chi connectivity index (χ2n) is 11.4. The van der Waals surface area contributed by atoms with E-state index in [9.17, 15) is 0 Å². The van der Waals surface area contributed by atoms with Gasteiger partial charge in [0.2, 0.25) is 0 Å². The van der Waals surface area contributed by atoms with Gasteiger partial charge < -0.3 is 0 Å². The SMILES string of the molecule is CCC[CH2][Sn]([CH2]CCCO[Si](OCC)(OCC)OCC)([O][Si](OCC)(OCC)OCC)[O][Si](OCC)(OCC)OCC.CCC[CH2][Sn][CH2]CCC. The molecule has 0 aromatic heterocycles. The summed E-state index contributed by atoms with van der Waals surface area (Å²) in [5, 5.41) is 0. The Hall–Kier alpha value is 1.77. The van der Waals surface area contributed by atoms with Crippen LogP contribution in [-0.2, 0) is 49.8 Å². The molecule has 0 aromatic carbocycles. The van der Waals surface area contributed by atoms with Crippen LogP contribution in [0.25, 0.3) is 0 Å². The van der Waals surface area contributed by atoms with Crippen molar-refractivity contribution in [2.75, 3.05) is 66.1 Å². The Kier molecular flexibility index (Phi) is 38.9. The third-order valence-corrected chi connectivity index (χ3v) is 35.7. The summed E-state index contributed by atoms with van der Waals surface area (Å²) in [4.78, 5) is 0. The molecule has 0 fully saturated rings. The van der Waals surface area contributed by atoms with Gasteiger partial charge in [0.15, 0.2) is 0 Å². The average molecular weight is 1000 g/mol. The molecule has 0 N–H and O–H groups in total. The zero-order valence-corrected chi connectivity index (χ0v) is 43.7. The quantitative estimate of drug-likeness (QED) is 0.0438. The molecule has 0 aliphatic carbocycles. The fraction of sp³-hybridized carbons (Fsp3) is 1.00. The van der Waals surface area contributed by atoms with E-state index >= 15 is 0 Å². The van der Waals surface area contributed by atoms with E-state index < -0.39 is 46.3 Å². The van der Waals surface area contributed by atoms with Crippen LogP contribution >= 0.6 is 0 Å². The summed E-state index contributed by atoms with van der Waals surface area (Å²) < 4.78 is 79.5. The van der Waals surface area contributed by atoms with Crippen LogP contribution in [0.2, 0.25) is 17.7 Å². The Morgan fingerprint density at radius 3 is 0.980 bits per heavy atom. The van der Waals surface area contributed by atoms with Gasteiger partial charge in [0.25, 0.3) is 0 Å². The van der Waals surface area contributed by atoms with Gasteiger partial charge in [-0.25, -0.2) is 0 Å². The zero-order valence-electron chi connectivity index (χ0n) is 35.0. The molecule has 0 spiro atoms. The predicted octanol–water partition coefficient (Wildman–Crippen LogP) is 8.82. The van der Waals surface area contributed by atoms with E-state index in [0.717, 1.165) is 30.1 Å². The van der Waals surface area contributed by atoms with E-state index in [1.807, 2.05) is 62.3 Å². The second kappa shape index (κ2) is 36.1. The molecule has 308 valence electrons. The van der Waals surface area contributed by atoms with Crippen molar-refractivity contribution >= 4 is 67.5 Å². The van der Waals surface area contributed by atoms with Crippen molar-refractivity contribution in [1.29, 1.82) is 0 Å². The summed E-state index contributed by atoms with van der Waals surface area (Å²) in [6.07, 6.45) is 9.20. The minimum atomic E-state index is -4.24. The first-order chi connectivity index (χ1) is 24.6. The summed E-state index contributed by atoms with van der Waals surface area (Å²) >= 11 is -4.09. The van der Waals surface area contributed by atoms with Gasteiger partial charge in [-0.15, -0.1) is 0 Å². The van der Waals surface area contributed by atoms with Crippen LogP contribution in [0.3, 0.4) is 0 Å². The molecule has 0 bridgehead atoms. The first-order valence-electron chi connectivity index (χ1n) is 20.1. The molecular weight excluding hydrogens is 922 g/mol. The van der Waals surface area contributed by atoms with E-state index in [-0.39, 0.29) is 21.1 Å². The average Bonchev–Trinajstić information content (AvgIpc) is 3.08. The van der Waals surface area contributed by atoms with Crippen molar-refractivity contribution < 1.29 is 49.8 Å². The van der Waals surface area contributed by atoms with Gasteiger partial charge in [-0.3, -0.25) is 0 Å². The minimum absolute atomic E-state index is 0.149. The van der Waals surface area contributed by atoms with Crippen LogP contribution in [0, 0.1) is 0 Å². The van der Waals surface area contributed by atoms with Crippen molar-refractivity contribution in [3.8, 4) is 0 Å². The molecule has 51 heavy (non-hydrogen) atoms. The number of hydrogen-bond donors (Lipinski definition) is 0. The standard InChI is InChI=1S/C10H23O4Si.2C6H15O4Si.3C4H9.2Sn/c1-5-9-10-14-15(11-6-2,12-7-3)13-8-4;2*1-4-8-11(7,9-5-2)10-6-3;3*1-3-4-2;;/h1,5-10H2,2-4H3;2*4-6H2,1-3H3;3*1,3-4H2,2H3;;/q;2*-1;;;;;+2. The Bertz CT molecular complexity index is 668. The summed E-state index contributed by atoms with van der Waals surface area (Å²) in [7, 11) is -10.3. The number of hydrogen-bond acceptors (Lipinski definition) is 12. The summed E-state index contributed by atoms with van der Waals surface area (Å²) in [5.74, 6) is 0. The van der Waals surface area contributed by atoms with Crippen LogP contribution in [0.4, 0.5) is 0 Å². The summed E-state index contributed by atoms with van der Waals surface area (Å²) in [6, 6.07) is 0. The zero-order chi connectivity index (χ0) is 38.7. The molecule has 12 nitrogen and oxygen atoms in total. The molecule has 0 saturated carbocycles. The Balaban J connectivity index is 0. The normalized spacial score (nSPS) is 12.7. The maximum absolute atomic E-state index is 7.06. The van der Waals surface area contributed by atoms with Crippen LogP contribution in [0.1, 0.15) is 134 Å². The van der Waals surface area contributed by atoms with E-state index in [4.69, 9.17) is 49.8 Å². The molecule has 0 aliphatic heterocycles. The Morgan fingerprint density at radius 1 is 0.353 bits per heavy atom. The molecule has 0 aliphatic rings. The monoisotopic (exact) mass is 1000 g/mol.